The van der Waals surface area contributed by atoms with Crippen molar-refractivity contribution in [2.24, 2.45) is 0 Å². The van der Waals surface area contributed by atoms with Gasteiger partial charge in [-0.05, 0) is 37.1 Å². The Morgan fingerprint density at radius 1 is 1.20 bits per heavy atom. The molecular weight excluding hydrogens is 312 g/mol. The molecule has 2 aromatic heterocycles. The van der Waals surface area contributed by atoms with Crippen LogP contribution in [0, 0.1) is 0 Å². The van der Waals surface area contributed by atoms with E-state index in [1.807, 2.05) is 22.8 Å². The van der Waals surface area contributed by atoms with Crippen LogP contribution >= 0.6 is 0 Å². The number of likely N-dealkylation sites (tertiary alicyclic amines) is 1. The second-order valence-electron chi connectivity index (χ2n) is 6.70. The van der Waals surface area contributed by atoms with Crippen LogP contribution in [0.4, 0.5) is 0 Å². The van der Waals surface area contributed by atoms with Crippen LogP contribution in [0.2, 0.25) is 0 Å². The topological polar surface area (TPSA) is 51.0 Å². The molecule has 0 radical (unpaired) electrons. The van der Waals surface area contributed by atoms with Crippen LogP contribution in [0.1, 0.15) is 35.9 Å². The van der Waals surface area contributed by atoms with Gasteiger partial charge in [-0.2, -0.15) is 0 Å². The van der Waals surface area contributed by atoms with E-state index in [-0.39, 0.29) is 5.78 Å². The zero-order valence-electron chi connectivity index (χ0n) is 14.4. The zero-order valence-corrected chi connectivity index (χ0v) is 14.4. The zero-order chi connectivity index (χ0) is 17.2. The molecule has 1 saturated heterocycles. The van der Waals surface area contributed by atoms with Gasteiger partial charge in [-0.3, -0.25) is 9.69 Å². The minimum Gasteiger partial charge on any atom is -0.305 e. The molecule has 1 atom stereocenters. The Morgan fingerprint density at radius 2 is 2.04 bits per heavy atom. The standard InChI is InChI=1S/C20H22N4O/c1-15(25)19-22-18-10-5-11-21-20(18)24(19)14-17-9-6-12-23(17)13-16-7-3-2-4-8-16/h2-5,7-8,10-11,17H,6,9,12-14H2,1H3/t17-/m0/s1. The summed E-state index contributed by atoms with van der Waals surface area (Å²) >= 11 is 0. The summed E-state index contributed by atoms with van der Waals surface area (Å²) in [5, 5.41) is 0. The number of pyridine rings is 1. The highest BCUT2D eigenvalue weighted by Gasteiger charge is 2.27. The third-order valence-corrected chi connectivity index (χ3v) is 4.94. The third kappa shape index (κ3) is 3.20. The van der Waals surface area contributed by atoms with E-state index >= 15 is 0 Å². The van der Waals surface area contributed by atoms with Gasteiger partial charge in [0.2, 0.25) is 0 Å². The molecular formula is C20H22N4O. The van der Waals surface area contributed by atoms with Crippen LogP contribution in [-0.2, 0) is 13.1 Å². The summed E-state index contributed by atoms with van der Waals surface area (Å²) < 4.78 is 2.01. The fourth-order valence-corrected chi connectivity index (χ4v) is 3.74. The van der Waals surface area contributed by atoms with Crippen molar-refractivity contribution in [3.05, 3.63) is 60.0 Å². The number of fused-ring (bicyclic) bond motifs is 1. The lowest BCUT2D eigenvalue weighted by molar-refractivity contribution is 0.0997. The molecule has 25 heavy (non-hydrogen) atoms. The predicted octanol–water partition coefficient (Wildman–Crippen LogP) is 3.30. The van der Waals surface area contributed by atoms with Crippen LogP contribution in [0.5, 0.6) is 0 Å². The summed E-state index contributed by atoms with van der Waals surface area (Å²) in [5.74, 6) is 0.505. The van der Waals surface area contributed by atoms with Crippen molar-refractivity contribution in [2.45, 2.75) is 38.9 Å². The molecule has 0 saturated carbocycles. The first kappa shape index (κ1) is 16.0. The molecule has 1 fully saturated rings. The average Bonchev–Trinajstić information content (AvgIpc) is 3.21. The van der Waals surface area contributed by atoms with Crippen molar-refractivity contribution in [2.75, 3.05) is 6.54 Å². The van der Waals surface area contributed by atoms with Gasteiger partial charge in [-0.15, -0.1) is 0 Å². The molecule has 0 aliphatic carbocycles. The number of nitrogens with zero attached hydrogens (tertiary/aromatic N) is 4. The number of ketones is 1. The Labute approximate surface area is 147 Å². The highest BCUT2D eigenvalue weighted by molar-refractivity contribution is 5.94. The van der Waals surface area contributed by atoms with Gasteiger partial charge in [0.05, 0.1) is 0 Å². The lowest BCUT2D eigenvalue weighted by Crippen LogP contribution is -2.33. The Morgan fingerprint density at radius 3 is 2.84 bits per heavy atom. The van der Waals surface area contributed by atoms with Gasteiger partial charge < -0.3 is 4.57 Å². The quantitative estimate of drug-likeness (QED) is 0.672. The molecule has 0 amide bonds. The number of hydrogen-bond acceptors (Lipinski definition) is 4. The van der Waals surface area contributed by atoms with Gasteiger partial charge in [0.1, 0.15) is 5.52 Å². The van der Waals surface area contributed by atoms with Crippen molar-refractivity contribution in [3.63, 3.8) is 0 Å². The molecule has 5 heteroatoms. The van der Waals surface area contributed by atoms with Gasteiger partial charge in [0, 0.05) is 32.3 Å². The molecule has 3 heterocycles. The summed E-state index contributed by atoms with van der Waals surface area (Å²) in [5.41, 5.74) is 2.93. The minimum atomic E-state index is -0.00870. The van der Waals surface area contributed by atoms with Crippen molar-refractivity contribution in [1.82, 2.24) is 19.4 Å². The molecule has 0 N–H and O–H groups in total. The molecule has 1 aliphatic heterocycles. The van der Waals surface area contributed by atoms with Crippen LogP contribution < -0.4 is 0 Å². The van der Waals surface area contributed by atoms with Crippen LogP contribution in [0.15, 0.2) is 48.7 Å². The van der Waals surface area contributed by atoms with Gasteiger partial charge in [-0.1, -0.05) is 30.3 Å². The van der Waals surface area contributed by atoms with E-state index in [0.717, 1.165) is 37.2 Å². The van der Waals surface area contributed by atoms with Gasteiger partial charge in [0.15, 0.2) is 17.3 Å². The summed E-state index contributed by atoms with van der Waals surface area (Å²) in [7, 11) is 0. The normalized spacial score (nSPS) is 18.0. The van der Waals surface area contributed by atoms with E-state index in [4.69, 9.17) is 0 Å². The van der Waals surface area contributed by atoms with Crippen LogP contribution in [0.25, 0.3) is 11.2 Å². The molecule has 0 spiro atoms. The van der Waals surface area contributed by atoms with Crippen molar-refractivity contribution >= 4 is 16.9 Å². The van der Waals surface area contributed by atoms with Crippen LogP contribution in [-0.4, -0.2) is 37.8 Å². The van der Waals surface area contributed by atoms with Crippen LogP contribution in [0.3, 0.4) is 0 Å². The number of carbonyl (C=O) groups excluding carboxylic acids is 1. The number of aromatic nitrogens is 3. The minimum absolute atomic E-state index is 0.00870. The molecule has 0 bridgehead atoms. The highest BCUT2D eigenvalue weighted by atomic mass is 16.1. The largest absolute Gasteiger partial charge is 0.305 e. The fourth-order valence-electron chi connectivity index (χ4n) is 3.74. The first-order chi connectivity index (χ1) is 12.2. The average molecular weight is 334 g/mol. The van der Waals surface area contributed by atoms with Crippen molar-refractivity contribution in [3.8, 4) is 0 Å². The molecule has 1 aliphatic rings. The van der Waals surface area contributed by atoms with E-state index in [2.05, 4.69) is 39.1 Å². The smallest absolute Gasteiger partial charge is 0.195 e. The second kappa shape index (κ2) is 6.76. The maximum atomic E-state index is 12.1. The lowest BCUT2D eigenvalue weighted by atomic mass is 10.1. The molecule has 4 rings (SSSR count). The number of Topliss-reactive ketones (excluding diaryl/α,β-unsaturated/α-hetero) is 1. The Bertz CT molecular complexity index is 887. The molecule has 1 aromatic carbocycles. The maximum Gasteiger partial charge on any atom is 0.195 e. The number of carbonyl (C=O) groups is 1. The van der Waals surface area contributed by atoms with E-state index in [0.29, 0.717) is 11.9 Å². The van der Waals surface area contributed by atoms with Gasteiger partial charge in [-0.25, -0.2) is 9.97 Å². The number of imidazole rings is 1. The summed E-state index contributed by atoms with van der Waals surface area (Å²) in [6, 6.07) is 14.7. The van der Waals surface area contributed by atoms with Gasteiger partial charge in [0.25, 0.3) is 0 Å². The van der Waals surface area contributed by atoms with E-state index in [1.165, 1.54) is 12.0 Å². The summed E-state index contributed by atoms with van der Waals surface area (Å²) in [6.45, 7) is 4.37. The maximum absolute atomic E-state index is 12.1. The number of benzene rings is 1. The summed E-state index contributed by atoms with van der Waals surface area (Å²) in [4.78, 5) is 23.5. The summed E-state index contributed by atoms with van der Waals surface area (Å²) in [6.07, 6.45) is 4.09. The second-order valence-corrected chi connectivity index (χ2v) is 6.70. The van der Waals surface area contributed by atoms with E-state index in [9.17, 15) is 4.79 Å². The Kier molecular flexibility index (Phi) is 4.32. The monoisotopic (exact) mass is 334 g/mol. The van der Waals surface area contributed by atoms with Crippen molar-refractivity contribution in [1.29, 1.82) is 0 Å². The number of rotatable bonds is 5. The Hall–Kier alpha value is -2.53. The fraction of sp³-hybridized carbons (Fsp3) is 0.350. The molecule has 0 unspecified atom stereocenters. The first-order valence-corrected chi connectivity index (χ1v) is 8.82. The SMILES string of the molecule is CC(=O)c1nc2cccnc2n1C[C@@H]1CCCN1Cc1ccccc1. The van der Waals surface area contributed by atoms with Crippen molar-refractivity contribution < 1.29 is 4.79 Å². The molecule has 128 valence electrons. The van der Waals surface area contributed by atoms with E-state index in [1.54, 1.807) is 13.1 Å². The highest BCUT2D eigenvalue weighted by Crippen LogP contribution is 2.24. The third-order valence-electron chi connectivity index (χ3n) is 4.94. The molecule has 3 aromatic rings. The first-order valence-electron chi connectivity index (χ1n) is 8.82. The predicted molar refractivity (Wildman–Crippen MR) is 97.4 cm³/mol. The lowest BCUT2D eigenvalue weighted by Gasteiger charge is -2.25. The molecule has 5 nitrogen and oxygen atoms in total. The Balaban J connectivity index is 1.61. The van der Waals surface area contributed by atoms with E-state index < -0.39 is 0 Å². The number of hydrogen-bond donors (Lipinski definition) is 0. The van der Waals surface area contributed by atoms with Gasteiger partial charge >= 0.3 is 0 Å².